The lowest BCUT2D eigenvalue weighted by atomic mass is 10.1. The van der Waals surface area contributed by atoms with Gasteiger partial charge in [0.15, 0.2) is 0 Å². The van der Waals surface area contributed by atoms with Crippen LogP contribution in [0.4, 0.5) is 0 Å². The molecule has 2 amide bonds. The molecule has 0 radical (unpaired) electrons. The lowest BCUT2D eigenvalue weighted by Gasteiger charge is -2.35. The summed E-state index contributed by atoms with van der Waals surface area (Å²) in [4.78, 5) is 28.0. The first-order valence-electron chi connectivity index (χ1n) is 7.55. The summed E-state index contributed by atoms with van der Waals surface area (Å²) < 4.78 is 0. The van der Waals surface area contributed by atoms with E-state index in [-0.39, 0.29) is 17.9 Å². The Balaban J connectivity index is 1.85. The van der Waals surface area contributed by atoms with Gasteiger partial charge in [0.1, 0.15) is 0 Å². The fourth-order valence-corrected chi connectivity index (χ4v) is 2.57. The van der Waals surface area contributed by atoms with Crippen LogP contribution in [0.1, 0.15) is 30.1 Å². The fourth-order valence-electron chi connectivity index (χ4n) is 2.44. The van der Waals surface area contributed by atoms with Crippen molar-refractivity contribution in [1.29, 1.82) is 0 Å². The van der Waals surface area contributed by atoms with E-state index in [0.29, 0.717) is 49.6 Å². The molecule has 22 heavy (non-hydrogen) atoms. The minimum atomic E-state index is -0.0145. The Kier molecular flexibility index (Phi) is 5.80. The van der Waals surface area contributed by atoms with Crippen molar-refractivity contribution in [2.75, 3.05) is 26.2 Å². The van der Waals surface area contributed by atoms with Crippen LogP contribution in [0.25, 0.3) is 0 Å². The van der Waals surface area contributed by atoms with Gasteiger partial charge in [-0.05, 0) is 37.6 Å². The van der Waals surface area contributed by atoms with E-state index < -0.39 is 0 Å². The summed E-state index contributed by atoms with van der Waals surface area (Å²) in [5, 5.41) is 0.612. The van der Waals surface area contributed by atoms with Gasteiger partial charge in [-0.2, -0.15) is 0 Å². The molecule has 1 heterocycles. The Morgan fingerprint density at radius 1 is 1.14 bits per heavy atom. The Labute approximate surface area is 136 Å². The van der Waals surface area contributed by atoms with Crippen LogP contribution in [0, 0.1) is 0 Å². The maximum absolute atomic E-state index is 12.4. The van der Waals surface area contributed by atoms with Crippen molar-refractivity contribution >= 4 is 23.4 Å². The molecular formula is C16H22ClN3O2. The Morgan fingerprint density at radius 3 is 2.23 bits per heavy atom. The summed E-state index contributed by atoms with van der Waals surface area (Å²) in [5.41, 5.74) is 6.30. The number of rotatable bonds is 4. The van der Waals surface area contributed by atoms with Gasteiger partial charge in [-0.3, -0.25) is 9.59 Å². The zero-order chi connectivity index (χ0) is 16.1. The summed E-state index contributed by atoms with van der Waals surface area (Å²) in [5.74, 6) is 0.107. The van der Waals surface area contributed by atoms with Crippen molar-refractivity contribution in [2.24, 2.45) is 5.73 Å². The molecule has 1 atom stereocenters. The van der Waals surface area contributed by atoms with E-state index in [1.54, 1.807) is 29.2 Å². The first kappa shape index (κ1) is 16.8. The molecule has 0 aromatic heterocycles. The maximum atomic E-state index is 12.4. The third-order valence-corrected chi connectivity index (χ3v) is 4.08. The molecule has 0 aliphatic carbocycles. The number of carbonyl (C=O) groups excluding carboxylic acids is 2. The van der Waals surface area contributed by atoms with Crippen molar-refractivity contribution in [3.63, 3.8) is 0 Å². The second-order valence-corrected chi connectivity index (χ2v) is 6.13. The SMILES string of the molecule is CC(N)CCC(=O)N1CCN(C(=O)c2ccc(Cl)cc2)CC1. The van der Waals surface area contributed by atoms with Gasteiger partial charge in [0, 0.05) is 49.2 Å². The topological polar surface area (TPSA) is 66.6 Å². The highest BCUT2D eigenvalue weighted by Gasteiger charge is 2.24. The molecule has 0 bridgehead atoms. The average Bonchev–Trinajstić information content (AvgIpc) is 2.53. The molecule has 120 valence electrons. The molecule has 0 spiro atoms. The van der Waals surface area contributed by atoms with Crippen LogP contribution in [0.3, 0.4) is 0 Å². The van der Waals surface area contributed by atoms with Gasteiger partial charge in [0.25, 0.3) is 5.91 Å². The highest BCUT2D eigenvalue weighted by molar-refractivity contribution is 6.30. The fraction of sp³-hybridized carbons (Fsp3) is 0.500. The molecule has 6 heteroatoms. The van der Waals surface area contributed by atoms with Crippen molar-refractivity contribution < 1.29 is 9.59 Å². The zero-order valence-corrected chi connectivity index (χ0v) is 13.6. The van der Waals surface area contributed by atoms with Crippen molar-refractivity contribution in [3.8, 4) is 0 Å². The number of carbonyl (C=O) groups is 2. The van der Waals surface area contributed by atoms with Crippen LogP contribution in [-0.4, -0.2) is 53.8 Å². The second-order valence-electron chi connectivity index (χ2n) is 5.70. The molecule has 0 saturated carbocycles. The van der Waals surface area contributed by atoms with Gasteiger partial charge in [0.05, 0.1) is 0 Å². The average molecular weight is 324 g/mol. The number of hydrogen-bond donors (Lipinski definition) is 1. The van der Waals surface area contributed by atoms with E-state index in [9.17, 15) is 9.59 Å². The van der Waals surface area contributed by atoms with Gasteiger partial charge in [-0.25, -0.2) is 0 Å². The highest BCUT2D eigenvalue weighted by atomic mass is 35.5. The summed E-state index contributed by atoms with van der Waals surface area (Å²) in [6.07, 6.45) is 1.17. The number of piperazine rings is 1. The quantitative estimate of drug-likeness (QED) is 0.918. The van der Waals surface area contributed by atoms with Crippen LogP contribution in [-0.2, 0) is 4.79 Å². The van der Waals surface area contributed by atoms with E-state index in [1.807, 2.05) is 11.8 Å². The van der Waals surface area contributed by atoms with Gasteiger partial charge in [-0.1, -0.05) is 11.6 Å². The molecule has 1 aromatic rings. The first-order valence-corrected chi connectivity index (χ1v) is 7.93. The van der Waals surface area contributed by atoms with E-state index in [1.165, 1.54) is 0 Å². The molecule has 2 N–H and O–H groups in total. The molecule has 2 rings (SSSR count). The van der Waals surface area contributed by atoms with Crippen LogP contribution in [0.5, 0.6) is 0 Å². The van der Waals surface area contributed by atoms with Crippen molar-refractivity contribution in [3.05, 3.63) is 34.9 Å². The van der Waals surface area contributed by atoms with E-state index in [2.05, 4.69) is 0 Å². The number of nitrogens with zero attached hydrogens (tertiary/aromatic N) is 2. The first-order chi connectivity index (χ1) is 10.5. The van der Waals surface area contributed by atoms with Gasteiger partial charge in [-0.15, -0.1) is 0 Å². The van der Waals surface area contributed by atoms with Gasteiger partial charge < -0.3 is 15.5 Å². The number of hydrogen-bond acceptors (Lipinski definition) is 3. The van der Waals surface area contributed by atoms with Gasteiger partial charge in [0.2, 0.25) is 5.91 Å². The lowest BCUT2D eigenvalue weighted by Crippen LogP contribution is -2.50. The zero-order valence-electron chi connectivity index (χ0n) is 12.8. The molecule has 1 aliphatic heterocycles. The Morgan fingerprint density at radius 2 is 1.68 bits per heavy atom. The minimum absolute atomic E-state index is 0.0145. The van der Waals surface area contributed by atoms with E-state index in [4.69, 9.17) is 17.3 Å². The molecule has 5 nitrogen and oxygen atoms in total. The number of halogens is 1. The van der Waals surface area contributed by atoms with E-state index >= 15 is 0 Å². The van der Waals surface area contributed by atoms with Crippen LogP contribution in [0.2, 0.25) is 5.02 Å². The highest BCUT2D eigenvalue weighted by Crippen LogP contribution is 2.13. The maximum Gasteiger partial charge on any atom is 0.253 e. The Bertz CT molecular complexity index is 523. The molecular weight excluding hydrogens is 302 g/mol. The normalized spacial score (nSPS) is 16.5. The smallest absolute Gasteiger partial charge is 0.253 e. The van der Waals surface area contributed by atoms with Crippen molar-refractivity contribution in [2.45, 2.75) is 25.8 Å². The standard InChI is InChI=1S/C16H22ClN3O2/c1-12(18)2-7-15(21)19-8-10-20(11-9-19)16(22)13-3-5-14(17)6-4-13/h3-6,12H,2,7-11,18H2,1H3. The summed E-state index contributed by atoms with van der Waals surface area (Å²) >= 11 is 5.83. The Hall–Kier alpha value is -1.59. The molecule has 1 fully saturated rings. The van der Waals surface area contributed by atoms with Crippen LogP contribution >= 0.6 is 11.6 Å². The molecule has 1 unspecified atom stereocenters. The van der Waals surface area contributed by atoms with Gasteiger partial charge >= 0.3 is 0 Å². The van der Waals surface area contributed by atoms with Crippen molar-refractivity contribution in [1.82, 2.24) is 9.80 Å². The predicted molar refractivity (Wildman–Crippen MR) is 86.8 cm³/mol. The number of benzene rings is 1. The summed E-state index contributed by atoms with van der Waals surface area (Å²) in [6, 6.07) is 6.91. The lowest BCUT2D eigenvalue weighted by molar-refractivity contribution is -0.132. The third kappa shape index (κ3) is 4.45. The molecule has 1 aliphatic rings. The number of nitrogens with two attached hydrogens (primary N) is 1. The summed E-state index contributed by atoms with van der Waals surface area (Å²) in [6.45, 7) is 4.18. The van der Waals surface area contributed by atoms with E-state index in [0.717, 1.165) is 0 Å². The van der Waals surface area contributed by atoms with Crippen LogP contribution < -0.4 is 5.73 Å². The predicted octanol–water partition coefficient (Wildman–Crippen LogP) is 1.75. The third-order valence-electron chi connectivity index (χ3n) is 3.82. The molecule has 1 aromatic carbocycles. The minimum Gasteiger partial charge on any atom is -0.339 e. The summed E-state index contributed by atoms with van der Waals surface area (Å²) in [7, 11) is 0. The molecule has 1 saturated heterocycles. The number of amides is 2. The van der Waals surface area contributed by atoms with Crippen LogP contribution in [0.15, 0.2) is 24.3 Å². The largest absolute Gasteiger partial charge is 0.339 e. The monoisotopic (exact) mass is 323 g/mol. The second kappa shape index (κ2) is 7.61.